The molecule has 8 heteroatoms. The summed E-state index contributed by atoms with van der Waals surface area (Å²) < 4.78 is 27.7. The third-order valence-corrected chi connectivity index (χ3v) is 5.43. The summed E-state index contributed by atoms with van der Waals surface area (Å²) in [6, 6.07) is 4.61. The Bertz CT molecular complexity index is 731. The van der Waals surface area contributed by atoms with Gasteiger partial charge in [0.15, 0.2) is 0 Å². The highest BCUT2D eigenvalue weighted by Gasteiger charge is 2.29. The van der Waals surface area contributed by atoms with E-state index >= 15 is 0 Å². The van der Waals surface area contributed by atoms with E-state index < -0.39 is 27.9 Å². The Morgan fingerprint density at radius 2 is 1.85 bits per heavy atom. The van der Waals surface area contributed by atoms with E-state index in [1.165, 1.54) is 23.1 Å². The van der Waals surface area contributed by atoms with Gasteiger partial charge in [0.1, 0.15) is 6.04 Å². The molecule has 0 bridgehead atoms. The molecule has 0 spiro atoms. The minimum absolute atomic E-state index is 0.00384. The topological polar surface area (TPSA) is 104 Å². The van der Waals surface area contributed by atoms with E-state index in [2.05, 4.69) is 4.72 Å². The van der Waals surface area contributed by atoms with Gasteiger partial charge in [0, 0.05) is 13.6 Å². The molecular weight excluding hydrogens is 356 g/mol. The molecule has 26 heavy (non-hydrogen) atoms. The lowest BCUT2D eigenvalue weighted by atomic mass is 10.1. The molecule has 1 rings (SSSR count). The number of amides is 1. The number of carboxylic acid groups (broad SMARTS) is 1. The number of nitrogens with zero attached hydrogens (tertiary/aromatic N) is 1. The van der Waals surface area contributed by atoms with Crippen LogP contribution in [-0.2, 0) is 14.8 Å². The molecule has 1 aromatic carbocycles. The smallest absolute Gasteiger partial charge is 0.321 e. The largest absolute Gasteiger partial charge is 0.480 e. The molecule has 1 aromatic rings. The second-order valence-corrected chi connectivity index (χ2v) is 8.40. The number of nitrogens with one attached hydrogen (secondary N) is 1. The summed E-state index contributed by atoms with van der Waals surface area (Å²) in [5.74, 6) is -1.66. The number of hydrogen-bond donors (Lipinski definition) is 2. The second kappa shape index (κ2) is 9.68. The highest BCUT2D eigenvalue weighted by Crippen LogP contribution is 2.19. The number of sulfonamides is 1. The Hall–Kier alpha value is -1.93. The molecule has 1 unspecified atom stereocenters. The molecule has 2 N–H and O–H groups in total. The SMILES string of the molecule is CCCCN(C)C(=O)c1ccccc1S(=O)(=O)NC(CC(C)C)C(=O)O. The van der Waals surface area contributed by atoms with E-state index in [9.17, 15) is 23.1 Å². The van der Waals surface area contributed by atoms with Crippen molar-refractivity contribution in [2.45, 2.75) is 51.0 Å². The van der Waals surface area contributed by atoms with Gasteiger partial charge in [0.2, 0.25) is 10.0 Å². The van der Waals surface area contributed by atoms with Gasteiger partial charge in [-0.25, -0.2) is 8.42 Å². The predicted octanol–water partition coefficient (Wildman–Crippen LogP) is 2.34. The van der Waals surface area contributed by atoms with Crippen LogP contribution in [0.1, 0.15) is 50.4 Å². The van der Waals surface area contributed by atoms with Crippen molar-refractivity contribution in [3.05, 3.63) is 29.8 Å². The van der Waals surface area contributed by atoms with Crippen LogP contribution in [0.5, 0.6) is 0 Å². The van der Waals surface area contributed by atoms with Crippen LogP contribution in [0.25, 0.3) is 0 Å². The van der Waals surface area contributed by atoms with Gasteiger partial charge in [-0.15, -0.1) is 0 Å². The van der Waals surface area contributed by atoms with Crippen LogP contribution in [0.15, 0.2) is 29.2 Å². The molecule has 0 aromatic heterocycles. The van der Waals surface area contributed by atoms with Gasteiger partial charge >= 0.3 is 5.97 Å². The van der Waals surface area contributed by atoms with Crippen molar-refractivity contribution in [2.75, 3.05) is 13.6 Å². The Balaban J connectivity index is 3.17. The van der Waals surface area contributed by atoms with Gasteiger partial charge in [-0.3, -0.25) is 9.59 Å². The Morgan fingerprint density at radius 1 is 1.23 bits per heavy atom. The van der Waals surface area contributed by atoms with Crippen molar-refractivity contribution in [3.63, 3.8) is 0 Å². The first-order valence-electron chi connectivity index (χ1n) is 8.69. The third-order valence-electron chi connectivity index (χ3n) is 3.90. The molecule has 146 valence electrons. The van der Waals surface area contributed by atoms with E-state index in [1.807, 2.05) is 20.8 Å². The van der Waals surface area contributed by atoms with E-state index in [-0.39, 0.29) is 22.8 Å². The summed E-state index contributed by atoms with van der Waals surface area (Å²) in [5.41, 5.74) is 0.0345. The van der Waals surface area contributed by atoms with Crippen LogP contribution in [-0.4, -0.2) is 49.9 Å². The van der Waals surface area contributed by atoms with Crippen LogP contribution >= 0.6 is 0 Å². The average Bonchev–Trinajstić information content (AvgIpc) is 2.57. The number of aliphatic carboxylic acids is 1. The molecule has 0 saturated carbocycles. The second-order valence-electron chi connectivity index (χ2n) is 6.72. The van der Waals surface area contributed by atoms with Crippen molar-refractivity contribution in [1.29, 1.82) is 0 Å². The van der Waals surface area contributed by atoms with Crippen LogP contribution in [0.4, 0.5) is 0 Å². The van der Waals surface area contributed by atoms with Crippen LogP contribution in [0, 0.1) is 5.92 Å². The summed E-state index contributed by atoms with van der Waals surface area (Å²) in [7, 11) is -2.54. The lowest BCUT2D eigenvalue weighted by Gasteiger charge is -2.20. The maximum absolute atomic E-state index is 12.7. The van der Waals surface area contributed by atoms with E-state index in [0.717, 1.165) is 12.8 Å². The number of hydrogen-bond acceptors (Lipinski definition) is 4. The minimum Gasteiger partial charge on any atom is -0.480 e. The predicted molar refractivity (Wildman–Crippen MR) is 99.5 cm³/mol. The zero-order chi connectivity index (χ0) is 19.9. The van der Waals surface area contributed by atoms with Crippen molar-refractivity contribution in [1.82, 2.24) is 9.62 Å². The number of benzene rings is 1. The minimum atomic E-state index is -4.16. The number of carbonyl (C=O) groups excluding carboxylic acids is 1. The normalized spacial score (nSPS) is 12.8. The summed E-state index contributed by atoms with van der Waals surface area (Å²) in [6.07, 6.45) is 1.88. The molecule has 0 saturated heterocycles. The molecular formula is C18H28N2O5S. The summed E-state index contributed by atoms with van der Waals surface area (Å²) >= 11 is 0. The molecule has 1 amide bonds. The summed E-state index contributed by atoms with van der Waals surface area (Å²) in [5, 5.41) is 9.29. The Labute approximate surface area is 155 Å². The standard InChI is InChI=1S/C18H28N2O5S/c1-5-6-11-20(4)17(21)14-9-7-8-10-16(14)26(24,25)19-15(18(22)23)12-13(2)3/h7-10,13,15,19H,5-6,11-12H2,1-4H3,(H,22,23). The molecule has 0 aliphatic carbocycles. The van der Waals surface area contributed by atoms with Crippen molar-refractivity contribution >= 4 is 21.9 Å². The van der Waals surface area contributed by atoms with Crippen LogP contribution in [0.3, 0.4) is 0 Å². The molecule has 0 fully saturated rings. The monoisotopic (exact) mass is 384 g/mol. The molecule has 0 heterocycles. The molecule has 0 aliphatic rings. The summed E-state index contributed by atoms with van der Waals surface area (Å²) in [6.45, 7) is 6.14. The van der Waals surface area contributed by atoms with Crippen molar-refractivity contribution < 1.29 is 23.1 Å². The maximum Gasteiger partial charge on any atom is 0.321 e. The fourth-order valence-electron chi connectivity index (χ4n) is 2.50. The zero-order valence-corrected chi connectivity index (χ0v) is 16.5. The summed E-state index contributed by atoms with van der Waals surface area (Å²) in [4.78, 5) is 25.3. The first kappa shape index (κ1) is 22.1. The number of carboxylic acids is 1. The van der Waals surface area contributed by atoms with Crippen molar-refractivity contribution in [3.8, 4) is 0 Å². The fourth-order valence-corrected chi connectivity index (χ4v) is 3.90. The highest BCUT2D eigenvalue weighted by molar-refractivity contribution is 7.89. The van der Waals surface area contributed by atoms with Gasteiger partial charge < -0.3 is 10.0 Å². The lowest BCUT2D eigenvalue weighted by molar-refractivity contribution is -0.139. The van der Waals surface area contributed by atoms with Gasteiger partial charge in [-0.05, 0) is 30.9 Å². The first-order valence-corrected chi connectivity index (χ1v) is 10.2. The fraction of sp³-hybridized carbons (Fsp3) is 0.556. The average molecular weight is 384 g/mol. The maximum atomic E-state index is 12.7. The number of carbonyl (C=O) groups is 2. The van der Waals surface area contributed by atoms with Gasteiger partial charge in [0.25, 0.3) is 5.91 Å². The van der Waals surface area contributed by atoms with Crippen LogP contribution < -0.4 is 4.72 Å². The lowest BCUT2D eigenvalue weighted by Crippen LogP contribution is -2.42. The van der Waals surface area contributed by atoms with E-state index in [0.29, 0.717) is 6.54 Å². The van der Waals surface area contributed by atoms with Gasteiger partial charge in [-0.1, -0.05) is 39.3 Å². The highest BCUT2D eigenvalue weighted by atomic mass is 32.2. The number of rotatable bonds is 10. The Morgan fingerprint density at radius 3 is 2.38 bits per heavy atom. The van der Waals surface area contributed by atoms with Gasteiger partial charge in [0.05, 0.1) is 10.5 Å². The molecule has 0 radical (unpaired) electrons. The van der Waals surface area contributed by atoms with E-state index in [1.54, 1.807) is 13.1 Å². The molecule has 7 nitrogen and oxygen atoms in total. The van der Waals surface area contributed by atoms with Crippen LogP contribution in [0.2, 0.25) is 0 Å². The number of unbranched alkanes of at least 4 members (excludes halogenated alkanes) is 1. The first-order chi connectivity index (χ1) is 12.1. The Kier molecular flexibility index (Phi) is 8.23. The van der Waals surface area contributed by atoms with E-state index in [4.69, 9.17) is 0 Å². The third kappa shape index (κ3) is 6.10. The molecule has 1 atom stereocenters. The van der Waals surface area contributed by atoms with Crippen molar-refractivity contribution in [2.24, 2.45) is 5.92 Å². The van der Waals surface area contributed by atoms with Gasteiger partial charge in [-0.2, -0.15) is 4.72 Å². The molecule has 0 aliphatic heterocycles. The zero-order valence-electron chi connectivity index (χ0n) is 15.7. The quantitative estimate of drug-likeness (QED) is 0.644.